The van der Waals surface area contributed by atoms with E-state index < -0.39 is 0 Å². The van der Waals surface area contributed by atoms with Gasteiger partial charge in [-0.2, -0.15) is 0 Å². The number of aromatic nitrogens is 1. The van der Waals surface area contributed by atoms with Crippen LogP contribution >= 0.6 is 11.3 Å². The molecule has 0 amide bonds. The Morgan fingerprint density at radius 2 is 2.18 bits per heavy atom. The first kappa shape index (κ1) is 13.0. The third-order valence-corrected chi connectivity index (χ3v) is 4.57. The average molecular weight is 252 g/mol. The van der Waals surface area contributed by atoms with Gasteiger partial charge < -0.3 is 5.32 Å². The SMILES string of the molecule is CCc1nc2c(s1)CCCC2CNC(C)(C)C. The molecule has 1 aliphatic carbocycles. The van der Waals surface area contributed by atoms with E-state index in [1.807, 2.05) is 11.3 Å². The summed E-state index contributed by atoms with van der Waals surface area (Å²) in [5, 5.41) is 4.94. The summed E-state index contributed by atoms with van der Waals surface area (Å²) in [5.41, 5.74) is 1.61. The van der Waals surface area contributed by atoms with Gasteiger partial charge in [-0.05, 0) is 46.5 Å². The Hall–Kier alpha value is -0.410. The zero-order chi connectivity index (χ0) is 12.5. The molecule has 0 aromatic carbocycles. The fourth-order valence-corrected chi connectivity index (χ4v) is 3.47. The first-order valence-electron chi connectivity index (χ1n) is 6.73. The molecule has 1 atom stereocenters. The maximum absolute atomic E-state index is 4.83. The van der Waals surface area contributed by atoms with Crippen molar-refractivity contribution in [1.82, 2.24) is 10.3 Å². The van der Waals surface area contributed by atoms with Gasteiger partial charge in [0.1, 0.15) is 0 Å². The predicted molar refractivity (Wildman–Crippen MR) is 74.9 cm³/mol. The van der Waals surface area contributed by atoms with Crippen LogP contribution in [0.4, 0.5) is 0 Å². The van der Waals surface area contributed by atoms with E-state index in [0.717, 1.165) is 13.0 Å². The molecule has 1 aromatic heterocycles. The summed E-state index contributed by atoms with van der Waals surface area (Å²) in [6, 6.07) is 0. The van der Waals surface area contributed by atoms with Crippen molar-refractivity contribution < 1.29 is 0 Å². The molecule has 3 heteroatoms. The highest BCUT2D eigenvalue weighted by Gasteiger charge is 2.25. The van der Waals surface area contributed by atoms with Crippen LogP contribution in [0, 0.1) is 0 Å². The molecule has 1 unspecified atom stereocenters. The Balaban J connectivity index is 2.08. The van der Waals surface area contributed by atoms with Gasteiger partial charge in [-0.25, -0.2) is 4.98 Å². The number of thiazole rings is 1. The third-order valence-electron chi connectivity index (χ3n) is 3.30. The zero-order valence-corrected chi connectivity index (χ0v) is 12.3. The van der Waals surface area contributed by atoms with Crippen molar-refractivity contribution in [2.24, 2.45) is 0 Å². The van der Waals surface area contributed by atoms with E-state index in [1.54, 1.807) is 4.88 Å². The molecule has 0 spiro atoms. The molecule has 2 nitrogen and oxygen atoms in total. The van der Waals surface area contributed by atoms with Crippen LogP contribution in [0.3, 0.4) is 0 Å². The van der Waals surface area contributed by atoms with E-state index in [-0.39, 0.29) is 5.54 Å². The summed E-state index contributed by atoms with van der Waals surface area (Å²) in [7, 11) is 0. The largest absolute Gasteiger partial charge is 0.311 e. The Bertz CT molecular complexity index is 376. The number of hydrogen-bond donors (Lipinski definition) is 1. The molecule has 96 valence electrons. The van der Waals surface area contributed by atoms with Crippen LogP contribution in [-0.4, -0.2) is 17.1 Å². The van der Waals surface area contributed by atoms with Crippen molar-refractivity contribution in [2.75, 3.05) is 6.54 Å². The summed E-state index contributed by atoms with van der Waals surface area (Å²) in [4.78, 5) is 6.38. The quantitative estimate of drug-likeness (QED) is 0.890. The van der Waals surface area contributed by atoms with Crippen LogP contribution in [0.15, 0.2) is 0 Å². The number of aryl methyl sites for hydroxylation is 2. The van der Waals surface area contributed by atoms with Crippen molar-refractivity contribution in [3.05, 3.63) is 15.6 Å². The molecular formula is C14H24N2S. The summed E-state index contributed by atoms with van der Waals surface area (Å²) in [6.07, 6.45) is 4.95. The first-order valence-corrected chi connectivity index (χ1v) is 7.54. The molecular weight excluding hydrogens is 228 g/mol. The highest BCUT2D eigenvalue weighted by molar-refractivity contribution is 7.11. The summed E-state index contributed by atoms with van der Waals surface area (Å²) < 4.78 is 0. The van der Waals surface area contributed by atoms with Crippen molar-refractivity contribution >= 4 is 11.3 Å². The van der Waals surface area contributed by atoms with E-state index in [4.69, 9.17) is 4.98 Å². The van der Waals surface area contributed by atoms with Gasteiger partial charge in [-0.1, -0.05) is 6.92 Å². The van der Waals surface area contributed by atoms with Crippen LogP contribution in [0.1, 0.15) is 62.0 Å². The summed E-state index contributed by atoms with van der Waals surface area (Å²) >= 11 is 1.93. The normalized spacial score (nSPS) is 20.4. The summed E-state index contributed by atoms with van der Waals surface area (Å²) in [5.74, 6) is 0.634. The lowest BCUT2D eigenvalue weighted by Crippen LogP contribution is -2.39. The molecule has 0 bridgehead atoms. The van der Waals surface area contributed by atoms with E-state index in [0.29, 0.717) is 5.92 Å². The van der Waals surface area contributed by atoms with Gasteiger partial charge in [0.25, 0.3) is 0 Å². The van der Waals surface area contributed by atoms with Crippen molar-refractivity contribution in [2.45, 2.75) is 64.8 Å². The topological polar surface area (TPSA) is 24.9 Å². The van der Waals surface area contributed by atoms with E-state index in [2.05, 4.69) is 33.0 Å². The molecule has 1 N–H and O–H groups in total. The van der Waals surface area contributed by atoms with Crippen LogP contribution in [0.2, 0.25) is 0 Å². The van der Waals surface area contributed by atoms with E-state index in [1.165, 1.54) is 30.0 Å². The molecule has 1 aromatic rings. The molecule has 0 fully saturated rings. The molecule has 0 radical (unpaired) electrons. The molecule has 0 saturated heterocycles. The number of hydrogen-bond acceptors (Lipinski definition) is 3. The fraction of sp³-hybridized carbons (Fsp3) is 0.786. The van der Waals surface area contributed by atoms with Gasteiger partial charge >= 0.3 is 0 Å². The highest BCUT2D eigenvalue weighted by atomic mass is 32.1. The van der Waals surface area contributed by atoms with Crippen molar-refractivity contribution in [3.8, 4) is 0 Å². The van der Waals surface area contributed by atoms with Gasteiger partial charge in [0.15, 0.2) is 0 Å². The Labute approximate surface area is 109 Å². The number of fused-ring (bicyclic) bond motifs is 1. The molecule has 1 heterocycles. The Kier molecular flexibility index (Phi) is 3.88. The van der Waals surface area contributed by atoms with Gasteiger partial charge in [-0.3, -0.25) is 0 Å². The lowest BCUT2D eigenvalue weighted by Gasteiger charge is -2.27. The lowest BCUT2D eigenvalue weighted by molar-refractivity contribution is 0.388. The maximum atomic E-state index is 4.83. The number of nitrogens with one attached hydrogen (secondary N) is 1. The minimum absolute atomic E-state index is 0.210. The Morgan fingerprint density at radius 3 is 2.82 bits per heavy atom. The van der Waals surface area contributed by atoms with E-state index in [9.17, 15) is 0 Å². The van der Waals surface area contributed by atoms with Crippen LogP contribution in [0.5, 0.6) is 0 Å². The standard InChI is InChI=1S/C14H24N2S/c1-5-12-16-13-10(9-15-14(2,3)4)7-6-8-11(13)17-12/h10,15H,5-9H2,1-4H3. The summed E-state index contributed by atoms with van der Waals surface area (Å²) in [6.45, 7) is 9.97. The smallest absolute Gasteiger partial charge is 0.0928 e. The van der Waals surface area contributed by atoms with Gasteiger partial charge in [0.05, 0.1) is 10.7 Å². The first-order chi connectivity index (χ1) is 7.99. The molecule has 17 heavy (non-hydrogen) atoms. The monoisotopic (exact) mass is 252 g/mol. The maximum Gasteiger partial charge on any atom is 0.0928 e. The van der Waals surface area contributed by atoms with Crippen LogP contribution in [0.25, 0.3) is 0 Å². The molecule has 0 aliphatic heterocycles. The van der Waals surface area contributed by atoms with Gasteiger partial charge in [-0.15, -0.1) is 11.3 Å². The van der Waals surface area contributed by atoms with Crippen LogP contribution in [-0.2, 0) is 12.8 Å². The van der Waals surface area contributed by atoms with Crippen LogP contribution < -0.4 is 5.32 Å². The molecule has 1 aliphatic rings. The number of nitrogens with zero attached hydrogens (tertiary/aromatic N) is 1. The lowest BCUT2D eigenvalue weighted by atomic mass is 9.90. The van der Waals surface area contributed by atoms with Crippen molar-refractivity contribution in [3.63, 3.8) is 0 Å². The molecule has 2 rings (SSSR count). The predicted octanol–water partition coefficient (Wildman–Crippen LogP) is 3.51. The van der Waals surface area contributed by atoms with Gasteiger partial charge in [0, 0.05) is 22.9 Å². The highest BCUT2D eigenvalue weighted by Crippen LogP contribution is 2.34. The fourth-order valence-electron chi connectivity index (χ4n) is 2.34. The Morgan fingerprint density at radius 1 is 1.41 bits per heavy atom. The minimum Gasteiger partial charge on any atom is -0.311 e. The van der Waals surface area contributed by atoms with Crippen molar-refractivity contribution in [1.29, 1.82) is 0 Å². The second-order valence-electron chi connectivity index (χ2n) is 5.99. The van der Waals surface area contributed by atoms with Gasteiger partial charge in [0.2, 0.25) is 0 Å². The third kappa shape index (κ3) is 3.29. The molecule has 0 saturated carbocycles. The zero-order valence-electron chi connectivity index (χ0n) is 11.5. The second kappa shape index (κ2) is 5.07. The van der Waals surface area contributed by atoms with E-state index >= 15 is 0 Å². The number of rotatable bonds is 3. The minimum atomic E-state index is 0.210. The second-order valence-corrected chi connectivity index (χ2v) is 7.16. The average Bonchev–Trinajstić information content (AvgIpc) is 2.68.